The van der Waals surface area contributed by atoms with E-state index >= 15 is 0 Å². The zero-order valence-electron chi connectivity index (χ0n) is 15.3. The highest BCUT2D eigenvalue weighted by Gasteiger charge is 2.16. The molecule has 0 unspecified atom stereocenters. The molecule has 2 N–H and O–H groups in total. The van der Waals surface area contributed by atoms with Gasteiger partial charge in [0.05, 0.1) is 10.6 Å². The third-order valence-corrected chi connectivity index (χ3v) is 7.23. The monoisotopic (exact) mass is 462 g/mol. The second-order valence-electron chi connectivity index (χ2n) is 5.69. The highest BCUT2D eigenvalue weighted by Crippen LogP contribution is 2.28. The molecule has 0 aliphatic rings. The van der Waals surface area contributed by atoms with Gasteiger partial charge in [0, 0.05) is 40.5 Å². The summed E-state index contributed by atoms with van der Waals surface area (Å²) < 4.78 is 41.2. The Morgan fingerprint density at radius 1 is 1.25 bits per heavy atom. The van der Waals surface area contributed by atoms with Crippen LogP contribution in [0.5, 0.6) is 0 Å². The highest BCUT2D eigenvalue weighted by molar-refractivity contribution is 7.99. The number of hydrogen-bond acceptors (Lipinski definition) is 5. The van der Waals surface area contributed by atoms with Crippen molar-refractivity contribution in [2.75, 3.05) is 23.9 Å². The molecular weight excluding hydrogens is 443 g/mol. The lowest BCUT2D eigenvalue weighted by atomic mass is 10.2. The van der Waals surface area contributed by atoms with Gasteiger partial charge in [-0.15, -0.1) is 11.8 Å². The van der Waals surface area contributed by atoms with Crippen molar-refractivity contribution in [1.29, 1.82) is 0 Å². The first-order chi connectivity index (χ1) is 13.2. The Balaban J connectivity index is 1.95. The van der Waals surface area contributed by atoms with Crippen molar-refractivity contribution >= 4 is 56.7 Å². The zero-order chi connectivity index (χ0) is 20.7. The van der Waals surface area contributed by atoms with E-state index in [9.17, 15) is 17.6 Å². The Kier molecular flexibility index (Phi) is 8.63. The van der Waals surface area contributed by atoms with Gasteiger partial charge in [0.25, 0.3) is 0 Å². The second-order valence-corrected chi connectivity index (χ2v) is 9.82. The van der Waals surface area contributed by atoms with Gasteiger partial charge in [-0.05, 0) is 36.6 Å². The van der Waals surface area contributed by atoms with E-state index in [0.29, 0.717) is 27.8 Å². The molecule has 2 aromatic rings. The molecule has 0 saturated carbocycles. The van der Waals surface area contributed by atoms with Crippen LogP contribution in [0.1, 0.15) is 12.5 Å². The lowest BCUT2D eigenvalue weighted by Crippen LogP contribution is -2.26. The first kappa shape index (κ1) is 23.0. The van der Waals surface area contributed by atoms with Gasteiger partial charge in [-0.2, -0.15) is 11.8 Å². The van der Waals surface area contributed by atoms with Gasteiger partial charge in [-0.1, -0.05) is 17.7 Å². The Labute approximate surface area is 177 Å². The Bertz CT molecular complexity index is 935. The fourth-order valence-electron chi connectivity index (χ4n) is 2.32. The van der Waals surface area contributed by atoms with Crippen molar-refractivity contribution < 1.29 is 17.6 Å². The maximum absolute atomic E-state index is 13.7. The molecule has 28 heavy (non-hydrogen) atoms. The summed E-state index contributed by atoms with van der Waals surface area (Å²) in [5, 5.41) is 2.99. The van der Waals surface area contributed by atoms with Crippen LogP contribution in [0, 0.1) is 5.82 Å². The van der Waals surface area contributed by atoms with Crippen molar-refractivity contribution in [3.05, 3.63) is 52.8 Å². The number of hydrogen-bond donors (Lipinski definition) is 2. The van der Waals surface area contributed by atoms with Crippen molar-refractivity contribution in [3.63, 3.8) is 0 Å². The minimum Gasteiger partial charge on any atom is -0.325 e. The zero-order valence-corrected chi connectivity index (χ0v) is 18.5. The van der Waals surface area contributed by atoms with E-state index < -0.39 is 10.0 Å². The first-order valence-corrected chi connectivity index (χ1v) is 12.4. The number of halogens is 2. The maximum atomic E-state index is 13.7. The van der Waals surface area contributed by atoms with E-state index in [0.717, 1.165) is 4.90 Å². The molecule has 0 heterocycles. The number of sulfonamides is 1. The number of thioether (sulfide) groups is 2. The van der Waals surface area contributed by atoms with Crippen molar-refractivity contribution in [2.45, 2.75) is 22.5 Å². The predicted octanol–water partition coefficient (Wildman–Crippen LogP) is 4.37. The number of nitrogens with one attached hydrogen (secondary N) is 2. The van der Waals surface area contributed by atoms with Gasteiger partial charge in [-0.3, -0.25) is 4.79 Å². The largest absolute Gasteiger partial charge is 0.325 e. The van der Waals surface area contributed by atoms with Gasteiger partial charge < -0.3 is 5.32 Å². The Morgan fingerprint density at radius 2 is 2.00 bits per heavy atom. The predicted molar refractivity (Wildman–Crippen MR) is 115 cm³/mol. The average Bonchev–Trinajstić information content (AvgIpc) is 2.63. The van der Waals surface area contributed by atoms with Gasteiger partial charge >= 0.3 is 0 Å². The standard InChI is InChI=1S/C18H20ClFN2O3S3/c1-12(23)22-17-10-13(6-7-18(17)26-2)28(24,25)21-8-9-27-11-14-15(19)4-3-5-16(14)20/h3-7,10,21H,8-9,11H2,1-2H3,(H,22,23). The molecule has 152 valence electrons. The van der Waals surface area contributed by atoms with Gasteiger partial charge in [0.15, 0.2) is 0 Å². The van der Waals surface area contributed by atoms with Crippen LogP contribution in [0.15, 0.2) is 46.2 Å². The SMILES string of the molecule is CSc1ccc(S(=O)(=O)NCCSCc2c(F)cccc2Cl)cc1NC(C)=O. The summed E-state index contributed by atoms with van der Waals surface area (Å²) >= 11 is 8.76. The third-order valence-electron chi connectivity index (χ3n) is 3.64. The minimum absolute atomic E-state index is 0.0659. The summed E-state index contributed by atoms with van der Waals surface area (Å²) in [6, 6.07) is 9.08. The van der Waals surface area contributed by atoms with Crippen LogP contribution in [0.25, 0.3) is 0 Å². The van der Waals surface area contributed by atoms with Crippen LogP contribution in [0.2, 0.25) is 5.02 Å². The van der Waals surface area contributed by atoms with E-state index in [2.05, 4.69) is 10.0 Å². The summed E-state index contributed by atoms with van der Waals surface area (Å²) in [6.45, 7) is 1.54. The fraction of sp³-hybridized carbons (Fsp3) is 0.278. The van der Waals surface area contributed by atoms with Crippen LogP contribution in [-0.2, 0) is 20.6 Å². The minimum atomic E-state index is -3.73. The Hall–Kier alpha value is -1.26. The van der Waals surface area contributed by atoms with E-state index in [4.69, 9.17) is 11.6 Å². The number of benzene rings is 2. The molecule has 0 atom stereocenters. The van der Waals surface area contributed by atoms with Crippen LogP contribution in [0.3, 0.4) is 0 Å². The summed E-state index contributed by atoms with van der Waals surface area (Å²) in [6.07, 6.45) is 1.84. The molecule has 0 fully saturated rings. The molecular formula is C18H20ClFN2O3S3. The van der Waals surface area contributed by atoms with E-state index in [1.165, 1.54) is 54.7 Å². The molecule has 0 spiro atoms. The van der Waals surface area contributed by atoms with Crippen LogP contribution in [-0.4, -0.2) is 32.9 Å². The van der Waals surface area contributed by atoms with Crippen molar-refractivity contribution in [3.8, 4) is 0 Å². The number of carbonyl (C=O) groups is 1. The molecule has 0 aromatic heterocycles. The normalized spacial score (nSPS) is 11.4. The summed E-state index contributed by atoms with van der Waals surface area (Å²) in [4.78, 5) is 12.2. The molecule has 0 radical (unpaired) electrons. The van der Waals surface area contributed by atoms with Crippen LogP contribution in [0.4, 0.5) is 10.1 Å². The van der Waals surface area contributed by atoms with Crippen molar-refractivity contribution in [1.82, 2.24) is 4.72 Å². The van der Waals surface area contributed by atoms with E-state index in [1.54, 1.807) is 12.1 Å². The molecule has 0 aliphatic carbocycles. The smallest absolute Gasteiger partial charge is 0.240 e. The topological polar surface area (TPSA) is 75.3 Å². The fourth-order valence-corrected chi connectivity index (χ4v) is 5.24. The molecule has 10 heteroatoms. The number of carbonyl (C=O) groups excluding carboxylic acids is 1. The van der Waals surface area contributed by atoms with Gasteiger partial charge in [-0.25, -0.2) is 17.5 Å². The molecule has 0 saturated heterocycles. The van der Waals surface area contributed by atoms with Crippen LogP contribution < -0.4 is 10.0 Å². The third kappa shape index (κ3) is 6.38. The van der Waals surface area contributed by atoms with Crippen molar-refractivity contribution in [2.24, 2.45) is 0 Å². The molecule has 0 bridgehead atoms. The lowest BCUT2D eigenvalue weighted by Gasteiger charge is -2.12. The molecule has 5 nitrogen and oxygen atoms in total. The van der Waals surface area contributed by atoms with E-state index in [-0.39, 0.29) is 23.2 Å². The summed E-state index contributed by atoms with van der Waals surface area (Å²) in [5.41, 5.74) is 0.857. The quantitative estimate of drug-likeness (QED) is 0.427. The summed E-state index contributed by atoms with van der Waals surface area (Å²) in [7, 11) is -3.73. The molecule has 2 rings (SSSR count). The molecule has 0 aliphatic heterocycles. The Morgan fingerprint density at radius 3 is 2.64 bits per heavy atom. The maximum Gasteiger partial charge on any atom is 0.240 e. The first-order valence-electron chi connectivity index (χ1n) is 8.20. The highest BCUT2D eigenvalue weighted by atomic mass is 35.5. The molecule has 1 amide bonds. The van der Waals surface area contributed by atoms with Gasteiger partial charge in [0.2, 0.25) is 15.9 Å². The number of rotatable bonds is 9. The van der Waals surface area contributed by atoms with Gasteiger partial charge in [0.1, 0.15) is 5.82 Å². The molecule has 2 aromatic carbocycles. The number of anilines is 1. The second kappa shape index (κ2) is 10.5. The van der Waals surface area contributed by atoms with Crippen LogP contribution >= 0.6 is 35.1 Å². The number of amides is 1. The summed E-state index contributed by atoms with van der Waals surface area (Å²) in [5.74, 6) is 0.147. The average molecular weight is 463 g/mol. The van der Waals surface area contributed by atoms with E-state index in [1.807, 2.05) is 6.26 Å². The lowest BCUT2D eigenvalue weighted by molar-refractivity contribution is -0.114.